The van der Waals surface area contributed by atoms with Crippen LogP contribution in [0.2, 0.25) is 0 Å². The van der Waals surface area contributed by atoms with Crippen molar-refractivity contribution in [3.8, 4) is 10.7 Å². The highest BCUT2D eigenvalue weighted by atomic mass is 32.1. The number of hydrogen-bond donors (Lipinski definition) is 1. The maximum atomic E-state index is 13.5. The number of hydrogen-bond acceptors (Lipinski definition) is 6. The van der Waals surface area contributed by atoms with E-state index in [0.717, 1.165) is 17.7 Å². The van der Waals surface area contributed by atoms with Crippen LogP contribution in [0.15, 0.2) is 17.5 Å². The van der Waals surface area contributed by atoms with Crippen molar-refractivity contribution in [2.75, 3.05) is 19.6 Å². The predicted molar refractivity (Wildman–Crippen MR) is 133 cm³/mol. The summed E-state index contributed by atoms with van der Waals surface area (Å²) in [7, 11) is 0. The fraction of sp³-hybridized carbons (Fsp3) is 0.652. The summed E-state index contributed by atoms with van der Waals surface area (Å²) >= 11 is 7.01. The number of nitrogens with zero attached hydrogens (tertiary/aromatic N) is 4. The Hall–Kier alpha value is -2.20. The molecule has 182 valence electrons. The van der Waals surface area contributed by atoms with Gasteiger partial charge in [0.05, 0.1) is 4.88 Å². The Labute approximate surface area is 204 Å². The van der Waals surface area contributed by atoms with E-state index >= 15 is 0 Å². The molecule has 0 spiro atoms. The molecular weight excluding hydrogens is 458 g/mol. The number of thiophene rings is 1. The lowest BCUT2D eigenvalue weighted by Gasteiger charge is -2.38. The molecule has 1 fully saturated rings. The zero-order valence-electron chi connectivity index (χ0n) is 20.3. The molecule has 8 nitrogen and oxygen atoms in total. The van der Waals surface area contributed by atoms with E-state index in [9.17, 15) is 9.59 Å². The van der Waals surface area contributed by atoms with Crippen LogP contribution in [-0.2, 0) is 9.53 Å². The topological polar surface area (TPSA) is 83.5 Å². The molecule has 1 aliphatic rings. The van der Waals surface area contributed by atoms with Gasteiger partial charge >= 0.3 is 6.09 Å². The van der Waals surface area contributed by atoms with Gasteiger partial charge in [-0.2, -0.15) is 5.10 Å². The Morgan fingerprint density at radius 2 is 2.09 bits per heavy atom. The van der Waals surface area contributed by atoms with E-state index in [2.05, 4.69) is 10.2 Å². The minimum atomic E-state index is -0.543. The van der Waals surface area contributed by atoms with Gasteiger partial charge in [-0.15, -0.1) is 11.3 Å². The van der Waals surface area contributed by atoms with E-state index in [0.29, 0.717) is 30.2 Å². The standard InChI is InChI=1S/C23H35N5O3S2/c1-15(2)27(22(30)31-23(4,5)6)14-17-9-7-11-26(13-17)20(29)16(3)28-19(24-25-21(28)32)18-10-8-12-33-18/h8,10,12,15-17H,7,9,11,13-14H2,1-6H3,(H,25,32). The first-order valence-electron chi connectivity index (χ1n) is 11.5. The molecule has 0 radical (unpaired) electrons. The zero-order chi connectivity index (χ0) is 24.3. The van der Waals surface area contributed by atoms with Crippen LogP contribution < -0.4 is 0 Å². The second-order valence-electron chi connectivity index (χ2n) is 9.89. The highest BCUT2D eigenvalue weighted by molar-refractivity contribution is 7.71. The van der Waals surface area contributed by atoms with Gasteiger partial charge in [0, 0.05) is 25.7 Å². The first-order valence-corrected chi connectivity index (χ1v) is 12.8. The van der Waals surface area contributed by atoms with Gasteiger partial charge in [0.1, 0.15) is 11.6 Å². The molecule has 33 heavy (non-hydrogen) atoms. The van der Waals surface area contributed by atoms with E-state index in [-0.39, 0.29) is 24.0 Å². The van der Waals surface area contributed by atoms with E-state index < -0.39 is 11.6 Å². The van der Waals surface area contributed by atoms with Gasteiger partial charge in [-0.1, -0.05) is 6.07 Å². The highest BCUT2D eigenvalue weighted by Crippen LogP contribution is 2.28. The molecule has 0 aliphatic carbocycles. The third kappa shape index (κ3) is 6.23. The molecule has 2 amide bonds. The number of piperidine rings is 1. The number of aromatic amines is 1. The van der Waals surface area contributed by atoms with E-state index in [4.69, 9.17) is 17.0 Å². The Balaban J connectivity index is 1.71. The summed E-state index contributed by atoms with van der Waals surface area (Å²) < 4.78 is 7.84. The van der Waals surface area contributed by atoms with Crippen molar-refractivity contribution in [3.63, 3.8) is 0 Å². The SMILES string of the molecule is CC(C)N(CC1CCCN(C(=O)C(C)n2c(-c3cccs3)n[nH]c2=S)C1)C(=O)OC(C)(C)C. The second-order valence-corrected chi connectivity index (χ2v) is 11.2. The summed E-state index contributed by atoms with van der Waals surface area (Å²) in [5.74, 6) is 0.891. The van der Waals surface area contributed by atoms with Crippen molar-refractivity contribution in [1.82, 2.24) is 24.6 Å². The first kappa shape index (κ1) is 25.4. The summed E-state index contributed by atoms with van der Waals surface area (Å²) in [6.07, 6.45) is 1.56. The van der Waals surface area contributed by atoms with E-state index in [1.54, 1.807) is 20.8 Å². The molecule has 0 saturated carbocycles. The van der Waals surface area contributed by atoms with Crippen LogP contribution in [0.1, 0.15) is 60.4 Å². The zero-order valence-corrected chi connectivity index (χ0v) is 22.0. The smallest absolute Gasteiger partial charge is 0.410 e. The molecule has 2 aromatic rings. The fourth-order valence-electron chi connectivity index (χ4n) is 4.13. The van der Waals surface area contributed by atoms with Crippen molar-refractivity contribution < 1.29 is 14.3 Å². The van der Waals surface area contributed by atoms with Gasteiger partial charge < -0.3 is 14.5 Å². The molecule has 0 aromatic carbocycles. The molecule has 2 atom stereocenters. The summed E-state index contributed by atoms with van der Waals surface area (Å²) in [5, 5.41) is 9.17. The highest BCUT2D eigenvalue weighted by Gasteiger charge is 2.32. The molecule has 1 aliphatic heterocycles. The van der Waals surface area contributed by atoms with Crippen LogP contribution in [0.3, 0.4) is 0 Å². The largest absolute Gasteiger partial charge is 0.444 e. The number of H-pyrrole nitrogens is 1. The summed E-state index contributed by atoms with van der Waals surface area (Å²) in [6, 6.07) is 3.47. The van der Waals surface area contributed by atoms with Crippen LogP contribution in [0, 0.1) is 10.7 Å². The molecule has 10 heteroatoms. The fourth-order valence-corrected chi connectivity index (χ4v) is 5.13. The number of aromatic nitrogens is 3. The number of carbonyl (C=O) groups excluding carboxylic acids is 2. The van der Waals surface area contributed by atoms with Gasteiger partial charge in [-0.25, -0.2) is 4.79 Å². The Morgan fingerprint density at radius 1 is 1.36 bits per heavy atom. The molecule has 0 bridgehead atoms. The van der Waals surface area contributed by atoms with Crippen LogP contribution in [-0.4, -0.2) is 67.8 Å². The van der Waals surface area contributed by atoms with Gasteiger partial charge in [0.15, 0.2) is 10.6 Å². The maximum Gasteiger partial charge on any atom is 0.410 e. The molecule has 3 heterocycles. The first-order chi connectivity index (χ1) is 15.5. The molecule has 2 aromatic heterocycles. The Kier molecular flexibility index (Phi) is 8.00. The maximum absolute atomic E-state index is 13.5. The van der Waals surface area contributed by atoms with Gasteiger partial charge in [0.25, 0.3) is 0 Å². The number of carbonyl (C=O) groups is 2. The molecule has 2 unspecified atom stereocenters. The average Bonchev–Trinajstić information content (AvgIpc) is 3.39. The van der Waals surface area contributed by atoms with Crippen LogP contribution in [0.25, 0.3) is 10.7 Å². The average molecular weight is 494 g/mol. The summed E-state index contributed by atoms with van der Waals surface area (Å²) in [6.45, 7) is 13.3. The van der Waals surface area contributed by atoms with E-state index in [1.807, 2.05) is 64.0 Å². The summed E-state index contributed by atoms with van der Waals surface area (Å²) in [5.41, 5.74) is -0.543. The normalized spacial score (nSPS) is 17.8. The third-order valence-electron chi connectivity index (χ3n) is 5.73. The lowest BCUT2D eigenvalue weighted by Crippen LogP contribution is -2.49. The molecule has 1 saturated heterocycles. The minimum Gasteiger partial charge on any atom is -0.444 e. The van der Waals surface area contributed by atoms with Crippen molar-refractivity contribution in [2.24, 2.45) is 5.92 Å². The van der Waals surface area contributed by atoms with Gasteiger partial charge in [-0.05, 0) is 84.0 Å². The van der Waals surface area contributed by atoms with Crippen molar-refractivity contribution in [3.05, 3.63) is 22.3 Å². The number of likely N-dealkylation sites (tertiary alicyclic amines) is 1. The monoisotopic (exact) mass is 493 g/mol. The number of amides is 2. The number of rotatable bonds is 6. The van der Waals surface area contributed by atoms with Crippen molar-refractivity contribution >= 4 is 35.6 Å². The van der Waals surface area contributed by atoms with Crippen LogP contribution in [0.4, 0.5) is 4.79 Å². The lowest BCUT2D eigenvalue weighted by atomic mass is 9.96. The molecule has 3 rings (SSSR count). The predicted octanol–water partition coefficient (Wildman–Crippen LogP) is 5.11. The van der Waals surface area contributed by atoms with Crippen molar-refractivity contribution in [2.45, 2.75) is 72.1 Å². The van der Waals surface area contributed by atoms with Crippen molar-refractivity contribution in [1.29, 1.82) is 0 Å². The third-order valence-corrected chi connectivity index (χ3v) is 6.88. The second kappa shape index (κ2) is 10.4. The minimum absolute atomic E-state index is 0.0162. The number of nitrogens with one attached hydrogen (secondary N) is 1. The Bertz CT molecular complexity index is 1010. The van der Waals surface area contributed by atoms with Gasteiger partial charge in [0.2, 0.25) is 5.91 Å². The Morgan fingerprint density at radius 3 is 2.70 bits per heavy atom. The molecule has 1 N–H and O–H groups in total. The quantitative estimate of drug-likeness (QED) is 0.565. The van der Waals surface area contributed by atoms with Crippen LogP contribution >= 0.6 is 23.6 Å². The summed E-state index contributed by atoms with van der Waals surface area (Å²) in [4.78, 5) is 30.8. The lowest BCUT2D eigenvalue weighted by molar-refractivity contribution is -0.136. The van der Waals surface area contributed by atoms with E-state index in [1.165, 1.54) is 0 Å². The molecular formula is C23H35N5O3S2. The number of ether oxygens (including phenoxy) is 1. The van der Waals surface area contributed by atoms with Crippen LogP contribution in [0.5, 0.6) is 0 Å². The van der Waals surface area contributed by atoms with Gasteiger partial charge in [-0.3, -0.25) is 14.5 Å².